The number of aryl methyl sites for hydroxylation is 2. The van der Waals surface area contributed by atoms with Crippen molar-refractivity contribution < 1.29 is 9.90 Å². The highest BCUT2D eigenvalue weighted by Crippen LogP contribution is 2.28. The summed E-state index contributed by atoms with van der Waals surface area (Å²) < 4.78 is 0. The first-order valence-corrected chi connectivity index (χ1v) is 9.62. The van der Waals surface area contributed by atoms with Crippen LogP contribution in [-0.2, 0) is 12.8 Å². The lowest BCUT2D eigenvalue weighted by molar-refractivity contribution is 0.159. The summed E-state index contributed by atoms with van der Waals surface area (Å²) in [6.45, 7) is 2.06. The third kappa shape index (κ3) is 4.07. The number of rotatable bonds is 3. The fraction of sp³-hybridized carbons (Fsp3) is 0.208. The second-order valence-electron chi connectivity index (χ2n) is 7.37. The molecule has 1 aliphatic carbocycles. The van der Waals surface area contributed by atoms with E-state index in [0.717, 1.165) is 40.9 Å². The van der Waals surface area contributed by atoms with Gasteiger partial charge in [-0.05, 0) is 60.2 Å². The third-order valence-corrected chi connectivity index (χ3v) is 5.21. The lowest BCUT2D eigenvalue weighted by atomic mass is 9.88. The highest BCUT2D eigenvalue weighted by Gasteiger charge is 2.20. The molecule has 0 spiro atoms. The molecule has 0 radical (unpaired) electrons. The number of hydrogen-bond donors (Lipinski definition) is 3. The summed E-state index contributed by atoms with van der Waals surface area (Å²) in [7, 11) is 0. The molecular weight excluding hydrogens is 348 g/mol. The van der Waals surface area contributed by atoms with Gasteiger partial charge in [0.05, 0.1) is 6.10 Å². The van der Waals surface area contributed by atoms with Crippen LogP contribution in [0.5, 0.6) is 0 Å². The SMILES string of the molecule is Cc1ccc(-c2cccc(NC(=O)Nc3cccc4c3CC(O)CC4)c2)cc1. The van der Waals surface area contributed by atoms with Gasteiger partial charge in [-0.3, -0.25) is 0 Å². The number of aliphatic hydroxyl groups is 1. The quantitative estimate of drug-likeness (QED) is 0.595. The molecule has 1 aliphatic rings. The van der Waals surface area contributed by atoms with Crippen LogP contribution >= 0.6 is 0 Å². The predicted molar refractivity (Wildman–Crippen MR) is 114 cm³/mol. The zero-order valence-electron chi connectivity index (χ0n) is 15.9. The van der Waals surface area contributed by atoms with Gasteiger partial charge in [0, 0.05) is 17.8 Å². The van der Waals surface area contributed by atoms with Crippen LogP contribution in [0.25, 0.3) is 11.1 Å². The van der Waals surface area contributed by atoms with Crippen LogP contribution in [-0.4, -0.2) is 17.2 Å². The first-order valence-electron chi connectivity index (χ1n) is 9.62. The molecule has 2 amide bonds. The van der Waals surface area contributed by atoms with Crippen molar-refractivity contribution in [1.82, 2.24) is 0 Å². The van der Waals surface area contributed by atoms with Crippen LogP contribution in [0.3, 0.4) is 0 Å². The Balaban J connectivity index is 1.49. The molecule has 4 nitrogen and oxygen atoms in total. The van der Waals surface area contributed by atoms with Gasteiger partial charge in [0.2, 0.25) is 0 Å². The molecule has 0 fully saturated rings. The van der Waals surface area contributed by atoms with E-state index in [1.807, 2.05) is 36.4 Å². The van der Waals surface area contributed by atoms with E-state index in [4.69, 9.17) is 0 Å². The van der Waals surface area contributed by atoms with Crippen molar-refractivity contribution in [1.29, 1.82) is 0 Å². The number of carbonyl (C=O) groups is 1. The molecule has 142 valence electrons. The molecule has 3 aromatic carbocycles. The summed E-state index contributed by atoms with van der Waals surface area (Å²) in [5.41, 5.74) is 7.12. The summed E-state index contributed by atoms with van der Waals surface area (Å²) in [5, 5.41) is 15.8. The van der Waals surface area contributed by atoms with Gasteiger partial charge in [0.1, 0.15) is 0 Å². The van der Waals surface area contributed by atoms with Gasteiger partial charge in [-0.25, -0.2) is 4.79 Å². The molecule has 3 aromatic rings. The Labute approximate surface area is 165 Å². The standard InChI is InChI=1S/C24H24N2O2/c1-16-8-10-17(11-9-16)19-5-2-6-20(14-19)25-24(28)26-23-7-3-4-18-12-13-21(27)15-22(18)23/h2-11,14,21,27H,12-13,15H2,1H3,(H2,25,26,28). The predicted octanol–water partition coefficient (Wildman–Crippen LogP) is 5.16. The zero-order chi connectivity index (χ0) is 19.5. The second kappa shape index (κ2) is 7.87. The molecule has 0 saturated heterocycles. The number of hydrogen-bond acceptors (Lipinski definition) is 2. The van der Waals surface area contributed by atoms with Crippen LogP contribution < -0.4 is 10.6 Å². The maximum atomic E-state index is 12.6. The Bertz CT molecular complexity index is 996. The van der Waals surface area contributed by atoms with Gasteiger partial charge >= 0.3 is 6.03 Å². The number of aliphatic hydroxyl groups excluding tert-OH is 1. The van der Waals surface area contributed by atoms with E-state index in [-0.39, 0.29) is 12.1 Å². The largest absolute Gasteiger partial charge is 0.393 e. The average Bonchev–Trinajstić information content (AvgIpc) is 2.69. The topological polar surface area (TPSA) is 61.4 Å². The van der Waals surface area contributed by atoms with E-state index in [9.17, 15) is 9.90 Å². The smallest absolute Gasteiger partial charge is 0.323 e. The summed E-state index contributed by atoms with van der Waals surface area (Å²) in [4.78, 5) is 12.6. The highest BCUT2D eigenvalue weighted by molar-refractivity contribution is 6.00. The van der Waals surface area contributed by atoms with Crippen LogP contribution in [0.2, 0.25) is 0 Å². The van der Waals surface area contributed by atoms with Crippen molar-refractivity contribution in [2.75, 3.05) is 10.6 Å². The number of benzene rings is 3. The van der Waals surface area contributed by atoms with Crippen molar-refractivity contribution in [3.63, 3.8) is 0 Å². The summed E-state index contributed by atoms with van der Waals surface area (Å²) in [5.74, 6) is 0. The highest BCUT2D eigenvalue weighted by atomic mass is 16.3. The number of fused-ring (bicyclic) bond motifs is 1. The van der Waals surface area contributed by atoms with E-state index in [1.54, 1.807) is 0 Å². The maximum absolute atomic E-state index is 12.6. The van der Waals surface area contributed by atoms with Crippen molar-refractivity contribution in [2.45, 2.75) is 32.3 Å². The van der Waals surface area contributed by atoms with E-state index in [2.05, 4.69) is 47.9 Å². The Morgan fingerprint density at radius 3 is 2.57 bits per heavy atom. The van der Waals surface area contributed by atoms with E-state index in [1.165, 1.54) is 11.1 Å². The van der Waals surface area contributed by atoms with Crippen molar-refractivity contribution >= 4 is 17.4 Å². The summed E-state index contributed by atoms with van der Waals surface area (Å²) >= 11 is 0. The Morgan fingerprint density at radius 1 is 0.964 bits per heavy atom. The fourth-order valence-corrected chi connectivity index (χ4v) is 3.69. The number of anilines is 2. The van der Waals surface area contributed by atoms with Gasteiger partial charge < -0.3 is 15.7 Å². The molecule has 0 aromatic heterocycles. The monoisotopic (exact) mass is 372 g/mol. The van der Waals surface area contributed by atoms with Crippen LogP contribution in [0.1, 0.15) is 23.1 Å². The van der Waals surface area contributed by atoms with Crippen molar-refractivity contribution in [3.05, 3.63) is 83.4 Å². The number of amides is 2. The third-order valence-electron chi connectivity index (χ3n) is 5.21. The van der Waals surface area contributed by atoms with Crippen molar-refractivity contribution in [2.24, 2.45) is 0 Å². The fourth-order valence-electron chi connectivity index (χ4n) is 3.69. The maximum Gasteiger partial charge on any atom is 0.323 e. The van der Waals surface area contributed by atoms with E-state index in [0.29, 0.717) is 6.42 Å². The minimum absolute atomic E-state index is 0.283. The number of carbonyl (C=O) groups excluding carboxylic acids is 1. The molecule has 0 saturated carbocycles. The summed E-state index contributed by atoms with van der Waals surface area (Å²) in [6, 6.07) is 21.7. The normalized spacial score (nSPS) is 15.6. The Morgan fingerprint density at radius 2 is 1.75 bits per heavy atom. The van der Waals surface area contributed by atoms with Crippen LogP contribution in [0.15, 0.2) is 66.7 Å². The lowest BCUT2D eigenvalue weighted by Crippen LogP contribution is -2.24. The van der Waals surface area contributed by atoms with Gasteiger partial charge in [0.25, 0.3) is 0 Å². The first-order chi connectivity index (χ1) is 13.6. The van der Waals surface area contributed by atoms with Gasteiger partial charge in [0.15, 0.2) is 0 Å². The average molecular weight is 372 g/mol. The molecule has 4 rings (SSSR count). The molecule has 0 heterocycles. The number of urea groups is 1. The lowest BCUT2D eigenvalue weighted by Gasteiger charge is -2.23. The number of nitrogens with one attached hydrogen (secondary N) is 2. The second-order valence-corrected chi connectivity index (χ2v) is 7.37. The van der Waals surface area contributed by atoms with Gasteiger partial charge in [-0.2, -0.15) is 0 Å². The molecular formula is C24H24N2O2. The molecule has 3 N–H and O–H groups in total. The van der Waals surface area contributed by atoms with E-state index >= 15 is 0 Å². The molecule has 0 bridgehead atoms. The Hall–Kier alpha value is -3.11. The first kappa shape index (κ1) is 18.3. The van der Waals surface area contributed by atoms with Crippen LogP contribution in [0, 0.1) is 6.92 Å². The molecule has 1 atom stereocenters. The zero-order valence-corrected chi connectivity index (χ0v) is 15.9. The molecule has 1 unspecified atom stereocenters. The van der Waals surface area contributed by atoms with Gasteiger partial charge in [-0.1, -0.05) is 54.1 Å². The van der Waals surface area contributed by atoms with Crippen molar-refractivity contribution in [3.8, 4) is 11.1 Å². The molecule has 28 heavy (non-hydrogen) atoms. The Kier molecular flexibility index (Phi) is 5.13. The minimum atomic E-state index is -0.343. The minimum Gasteiger partial charge on any atom is -0.393 e. The van der Waals surface area contributed by atoms with Gasteiger partial charge in [-0.15, -0.1) is 0 Å². The van der Waals surface area contributed by atoms with E-state index < -0.39 is 0 Å². The molecule has 4 heteroatoms. The molecule has 0 aliphatic heterocycles. The van der Waals surface area contributed by atoms with Crippen LogP contribution in [0.4, 0.5) is 16.2 Å². The summed E-state index contributed by atoms with van der Waals surface area (Å²) in [6.07, 6.45) is 1.85.